The smallest absolute Gasteiger partial charge is 0.274 e. The van der Waals surface area contributed by atoms with Crippen LogP contribution in [0.25, 0.3) is 0 Å². The molecule has 78 valence electrons. The third-order valence-electron chi connectivity index (χ3n) is 1.94. The average Bonchev–Trinajstić information content (AvgIpc) is 2.15. The standard InChI is InChI=1S/C10H12ClF2N/c1-14-6-5-10(12,13)8-3-2-4-9(11)7-8/h2-4,7,14H,5-6H2,1H3. The Hall–Kier alpha value is -0.670. The summed E-state index contributed by atoms with van der Waals surface area (Å²) in [5.41, 5.74) is -0.0275. The summed E-state index contributed by atoms with van der Waals surface area (Å²) < 4.78 is 26.8. The first-order chi connectivity index (χ1) is 6.56. The van der Waals surface area contributed by atoms with Gasteiger partial charge in [-0.2, -0.15) is 0 Å². The van der Waals surface area contributed by atoms with E-state index in [1.807, 2.05) is 0 Å². The average molecular weight is 220 g/mol. The molecule has 0 fully saturated rings. The van der Waals surface area contributed by atoms with Crippen molar-refractivity contribution in [3.63, 3.8) is 0 Å². The Labute approximate surface area is 87.1 Å². The lowest BCUT2D eigenvalue weighted by atomic mass is 10.1. The van der Waals surface area contributed by atoms with Crippen molar-refractivity contribution in [2.75, 3.05) is 13.6 Å². The molecule has 0 saturated heterocycles. The van der Waals surface area contributed by atoms with Crippen LogP contribution < -0.4 is 5.32 Å². The second-order valence-electron chi connectivity index (χ2n) is 3.07. The quantitative estimate of drug-likeness (QED) is 0.821. The lowest BCUT2D eigenvalue weighted by Gasteiger charge is -2.16. The number of alkyl halides is 2. The van der Waals surface area contributed by atoms with Crippen LogP contribution in [0.1, 0.15) is 12.0 Å². The van der Waals surface area contributed by atoms with Crippen LogP contribution in [0.2, 0.25) is 5.02 Å². The molecular weight excluding hydrogens is 208 g/mol. The molecule has 0 heterocycles. The first-order valence-electron chi connectivity index (χ1n) is 4.35. The van der Waals surface area contributed by atoms with E-state index in [1.54, 1.807) is 13.1 Å². The highest BCUT2D eigenvalue weighted by atomic mass is 35.5. The van der Waals surface area contributed by atoms with Crippen molar-refractivity contribution in [1.82, 2.24) is 5.32 Å². The zero-order chi connectivity index (χ0) is 10.6. The molecule has 1 aromatic rings. The van der Waals surface area contributed by atoms with E-state index in [0.717, 1.165) is 0 Å². The van der Waals surface area contributed by atoms with Crippen molar-refractivity contribution in [3.05, 3.63) is 34.9 Å². The van der Waals surface area contributed by atoms with E-state index in [-0.39, 0.29) is 18.5 Å². The fourth-order valence-electron chi connectivity index (χ4n) is 1.14. The monoisotopic (exact) mass is 219 g/mol. The normalized spacial score (nSPS) is 11.7. The van der Waals surface area contributed by atoms with Gasteiger partial charge in [-0.1, -0.05) is 23.7 Å². The van der Waals surface area contributed by atoms with Gasteiger partial charge in [0.1, 0.15) is 0 Å². The third-order valence-corrected chi connectivity index (χ3v) is 2.17. The van der Waals surface area contributed by atoms with Gasteiger partial charge < -0.3 is 5.32 Å². The van der Waals surface area contributed by atoms with Crippen LogP contribution in [-0.2, 0) is 5.92 Å². The molecule has 0 atom stereocenters. The van der Waals surface area contributed by atoms with Crippen molar-refractivity contribution in [1.29, 1.82) is 0 Å². The van der Waals surface area contributed by atoms with Crippen LogP contribution >= 0.6 is 11.6 Å². The molecule has 1 nitrogen and oxygen atoms in total. The lowest BCUT2D eigenvalue weighted by molar-refractivity contribution is -0.0123. The Morgan fingerprint density at radius 3 is 2.71 bits per heavy atom. The van der Waals surface area contributed by atoms with Crippen molar-refractivity contribution in [2.24, 2.45) is 0 Å². The van der Waals surface area contributed by atoms with Gasteiger partial charge in [0.05, 0.1) is 0 Å². The fraction of sp³-hybridized carbons (Fsp3) is 0.400. The van der Waals surface area contributed by atoms with Crippen molar-refractivity contribution in [3.8, 4) is 0 Å². The van der Waals surface area contributed by atoms with Gasteiger partial charge in [0.15, 0.2) is 0 Å². The summed E-state index contributed by atoms with van der Waals surface area (Å²) in [5.74, 6) is -2.81. The Balaban J connectivity index is 2.80. The molecule has 0 unspecified atom stereocenters. The molecule has 1 aromatic carbocycles. The summed E-state index contributed by atoms with van der Waals surface area (Å²) >= 11 is 5.64. The minimum Gasteiger partial charge on any atom is -0.320 e. The molecular formula is C10H12ClF2N. The van der Waals surface area contributed by atoms with Gasteiger partial charge in [0.2, 0.25) is 0 Å². The third kappa shape index (κ3) is 2.93. The first kappa shape index (κ1) is 11.4. The molecule has 0 amide bonds. The summed E-state index contributed by atoms with van der Waals surface area (Å²) in [6.45, 7) is 0.277. The second kappa shape index (κ2) is 4.71. The summed E-state index contributed by atoms with van der Waals surface area (Å²) in [4.78, 5) is 0. The lowest BCUT2D eigenvalue weighted by Crippen LogP contribution is -2.20. The highest BCUT2D eigenvalue weighted by Gasteiger charge is 2.30. The first-order valence-corrected chi connectivity index (χ1v) is 4.72. The van der Waals surface area contributed by atoms with Gasteiger partial charge in [-0.3, -0.25) is 0 Å². The van der Waals surface area contributed by atoms with Crippen molar-refractivity contribution < 1.29 is 8.78 Å². The Bertz CT molecular complexity index is 302. The molecule has 0 saturated carbocycles. The largest absolute Gasteiger partial charge is 0.320 e. The molecule has 0 spiro atoms. The number of nitrogens with one attached hydrogen (secondary N) is 1. The van der Waals surface area contributed by atoms with Gasteiger partial charge in [-0.25, -0.2) is 8.78 Å². The van der Waals surface area contributed by atoms with Crippen LogP contribution in [0, 0.1) is 0 Å². The van der Waals surface area contributed by atoms with Gasteiger partial charge in [-0.05, 0) is 19.2 Å². The van der Waals surface area contributed by atoms with Crippen LogP contribution in [0.4, 0.5) is 8.78 Å². The minimum absolute atomic E-state index is 0.0275. The van der Waals surface area contributed by atoms with Crippen LogP contribution in [-0.4, -0.2) is 13.6 Å². The molecule has 0 aliphatic heterocycles. The Kier molecular flexibility index (Phi) is 3.84. The fourth-order valence-corrected chi connectivity index (χ4v) is 1.33. The highest BCUT2D eigenvalue weighted by molar-refractivity contribution is 6.30. The summed E-state index contributed by atoms with van der Waals surface area (Å²) in [7, 11) is 1.65. The number of hydrogen-bond acceptors (Lipinski definition) is 1. The topological polar surface area (TPSA) is 12.0 Å². The molecule has 14 heavy (non-hydrogen) atoms. The maximum Gasteiger partial charge on any atom is 0.274 e. The van der Waals surface area contributed by atoms with Gasteiger partial charge in [0.25, 0.3) is 5.92 Å². The second-order valence-corrected chi connectivity index (χ2v) is 3.50. The molecule has 0 aromatic heterocycles. The van der Waals surface area contributed by atoms with E-state index < -0.39 is 5.92 Å². The minimum atomic E-state index is -2.81. The zero-order valence-corrected chi connectivity index (χ0v) is 8.61. The number of hydrogen-bond donors (Lipinski definition) is 1. The molecule has 0 bridgehead atoms. The number of benzene rings is 1. The summed E-state index contributed by atoms with van der Waals surface area (Å²) in [6.07, 6.45) is -0.218. The van der Waals surface area contributed by atoms with Gasteiger partial charge >= 0.3 is 0 Å². The van der Waals surface area contributed by atoms with Crippen molar-refractivity contribution >= 4 is 11.6 Å². The zero-order valence-electron chi connectivity index (χ0n) is 7.86. The molecule has 0 radical (unpaired) electrons. The van der Waals surface area contributed by atoms with Gasteiger partial charge in [-0.15, -0.1) is 0 Å². The summed E-state index contributed by atoms with van der Waals surface area (Å²) in [5, 5.41) is 3.03. The maximum absolute atomic E-state index is 13.4. The SMILES string of the molecule is CNCCC(F)(F)c1cccc(Cl)c1. The maximum atomic E-state index is 13.4. The highest BCUT2D eigenvalue weighted by Crippen LogP contribution is 2.32. The predicted octanol–water partition coefficient (Wildman–Crippen LogP) is 3.04. The van der Waals surface area contributed by atoms with Crippen LogP contribution in [0.15, 0.2) is 24.3 Å². The summed E-state index contributed by atoms with van der Waals surface area (Å²) in [6, 6.07) is 5.81. The van der Waals surface area contributed by atoms with Crippen molar-refractivity contribution in [2.45, 2.75) is 12.3 Å². The van der Waals surface area contributed by atoms with E-state index >= 15 is 0 Å². The molecule has 1 N–H and O–H groups in total. The van der Waals surface area contributed by atoms with Crippen LogP contribution in [0.5, 0.6) is 0 Å². The predicted molar refractivity (Wildman–Crippen MR) is 53.9 cm³/mol. The molecule has 1 rings (SSSR count). The van der Waals surface area contributed by atoms with E-state index in [4.69, 9.17) is 11.6 Å². The van der Waals surface area contributed by atoms with E-state index in [9.17, 15) is 8.78 Å². The molecule has 0 aliphatic carbocycles. The number of rotatable bonds is 4. The number of halogens is 3. The van der Waals surface area contributed by atoms with E-state index in [1.165, 1.54) is 18.2 Å². The molecule has 4 heteroatoms. The Morgan fingerprint density at radius 1 is 1.43 bits per heavy atom. The van der Waals surface area contributed by atoms with Gasteiger partial charge in [0, 0.05) is 23.6 Å². The molecule has 0 aliphatic rings. The van der Waals surface area contributed by atoms with E-state index in [2.05, 4.69) is 5.32 Å². The van der Waals surface area contributed by atoms with E-state index in [0.29, 0.717) is 5.02 Å². The van der Waals surface area contributed by atoms with Crippen LogP contribution in [0.3, 0.4) is 0 Å². The Morgan fingerprint density at radius 2 is 2.14 bits per heavy atom.